The summed E-state index contributed by atoms with van der Waals surface area (Å²) < 4.78 is 7.14. The summed E-state index contributed by atoms with van der Waals surface area (Å²) in [5.41, 5.74) is 5.02. The highest BCUT2D eigenvalue weighted by molar-refractivity contribution is 7.20. The largest absolute Gasteiger partial charge is 0.378 e. The molecule has 1 aromatic carbocycles. The number of aryl methyl sites for hydroxylation is 3. The van der Waals surface area contributed by atoms with Gasteiger partial charge in [-0.2, -0.15) is 5.10 Å². The van der Waals surface area contributed by atoms with Gasteiger partial charge in [0, 0.05) is 30.4 Å². The summed E-state index contributed by atoms with van der Waals surface area (Å²) in [4.78, 5) is 34.5. The lowest BCUT2D eigenvalue weighted by Crippen LogP contribution is -2.41. The van der Waals surface area contributed by atoms with E-state index in [-0.39, 0.29) is 11.8 Å². The standard InChI is InChI=1S/C26H27N5O3S/c1-15-21(26(33)31-10-12-34-13-11-31)25(35-22(15)18-8-6-5-7-9-18)28-24(32)20-14-19-17(3)29-30(4)23(19)27-16(20)2/h5-9,14H,10-13H2,1-4H3,(H,28,32). The van der Waals surface area contributed by atoms with E-state index in [1.807, 2.05) is 64.2 Å². The fourth-order valence-corrected chi connectivity index (χ4v) is 5.68. The molecule has 1 aliphatic rings. The summed E-state index contributed by atoms with van der Waals surface area (Å²) in [6.07, 6.45) is 0. The third kappa shape index (κ3) is 4.21. The zero-order valence-electron chi connectivity index (χ0n) is 20.2. The molecule has 0 radical (unpaired) electrons. The molecule has 4 heterocycles. The predicted octanol–water partition coefficient (Wildman–Crippen LogP) is 4.35. The molecule has 0 unspecified atom stereocenters. The minimum atomic E-state index is -0.294. The summed E-state index contributed by atoms with van der Waals surface area (Å²) in [5, 5.41) is 8.84. The molecule has 0 bridgehead atoms. The van der Waals surface area contributed by atoms with Crippen molar-refractivity contribution in [1.82, 2.24) is 19.7 Å². The highest BCUT2D eigenvalue weighted by Gasteiger charge is 2.28. The third-order valence-corrected chi connectivity index (χ3v) is 7.61. The zero-order valence-corrected chi connectivity index (χ0v) is 21.0. The van der Waals surface area contributed by atoms with Crippen molar-refractivity contribution in [2.45, 2.75) is 20.8 Å². The summed E-state index contributed by atoms with van der Waals surface area (Å²) in [5.74, 6) is -0.384. The molecule has 0 atom stereocenters. The van der Waals surface area contributed by atoms with Crippen LogP contribution in [0.25, 0.3) is 21.5 Å². The Morgan fingerprint density at radius 2 is 1.77 bits per heavy atom. The van der Waals surface area contributed by atoms with Crippen LogP contribution in [0.2, 0.25) is 0 Å². The Morgan fingerprint density at radius 3 is 2.49 bits per heavy atom. The van der Waals surface area contributed by atoms with E-state index in [1.54, 1.807) is 9.58 Å². The molecular formula is C26H27N5O3S. The smallest absolute Gasteiger partial charge is 0.258 e. The monoisotopic (exact) mass is 489 g/mol. The zero-order chi connectivity index (χ0) is 24.7. The molecule has 0 aliphatic carbocycles. The van der Waals surface area contributed by atoms with Gasteiger partial charge >= 0.3 is 0 Å². The topological polar surface area (TPSA) is 89.3 Å². The van der Waals surface area contributed by atoms with Crippen LogP contribution in [0.5, 0.6) is 0 Å². The number of pyridine rings is 1. The molecule has 9 heteroatoms. The molecule has 1 N–H and O–H groups in total. The third-order valence-electron chi connectivity index (χ3n) is 6.36. The minimum absolute atomic E-state index is 0.0899. The van der Waals surface area contributed by atoms with Crippen LogP contribution in [0.3, 0.4) is 0 Å². The van der Waals surface area contributed by atoms with Gasteiger partial charge in [0.25, 0.3) is 11.8 Å². The van der Waals surface area contributed by atoms with Crippen LogP contribution in [-0.4, -0.2) is 57.8 Å². The second-order valence-corrected chi connectivity index (χ2v) is 9.71. The molecule has 0 saturated carbocycles. The van der Waals surface area contributed by atoms with Crippen LogP contribution in [0, 0.1) is 20.8 Å². The number of carbonyl (C=O) groups excluding carboxylic acids is 2. The molecule has 35 heavy (non-hydrogen) atoms. The first-order chi connectivity index (χ1) is 16.8. The Labute approximate surface area is 207 Å². The van der Waals surface area contributed by atoms with Gasteiger partial charge in [0.05, 0.1) is 35.7 Å². The number of amides is 2. The van der Waals surface area contributed by atoms with Crippen LogP contribution < -0.4 is 5.32 Å². The van der Waals surface area contributed by atoms with Crippen molar-refractivity contribution in [3.63, 3.8) is 0 Å². The average Bonchev–Trinajstić information content (AvgIpc) is 3.33. The van der Waals surface area contributed by atoms with Gasteiger partial charge in [-0.25, -0.2) is 4.98 Å². The number of benzene rings is 1. The number of anilines is 1. The summed E-state index contributed by atoms with van der Waals surface area (Å²) in [7, 11) is 1.84. The van der Waals surface area contributed by atoms with Gasteiger partial charge in [0.2, 0.25) is 0 Å². The molecule has 1 saturated heterocycles. The Hall–Kier alpha value is -3.56. The number of carbonyl (C=O) groups is 2. The maximum Gasteiger partial charge on any atom is 0.258 e. The Bertz CT molecular complexity index is 1430. The number of rotatable bonds is 4. The van der Waals surface area contributed by atoms with Crippen molar-refractivity contribution in [2.75, 3.05) is 31.6 Å². The SMILES string of the molecule is Cc1nc2c(cc1C(=O)Nc1sc(-c3ccccc3)c(C)c1C(=O)N1CCOCC1)c(C)nn2C. The van der Waals surface area contributed by atoms with Gasteiger partial charge in [-0.15, -0.1) is 11.3 Å². The first kappa shape index (κ1) is 23.2. The van der Waals surface area contributed by atoms with Crippen molar-refractivity contribution in [2.24, 2.45) is 7.05 Å². The van der Waals surface area contributed by atoms with Crippen molar-refractivity contribution in [3.05, 3.63) is 64.5 Å². The van der Waals surface area contributed by atoms with Gasteiger partial charge in [0.1, 0.15) is 5.00 Å². The highest BCUT2D eigenvalue weighted by Crippen LogP contribution is 2.41. The second kappa shape index (κ2) is 9.24. The Balaban J connectivity index is 1.56. The van der Waals surface area contributed by atoms with Crippen molar-refractivity contribution >= 4 is 39.2 Å². The van der Waals surface area contributed by atoms with Crippen LogP contribution in [0.15, 0.2) is 36.4 Å². The highest BCUT2D eigenvalue weighted by atomic mass is 32.1. The first-order valence-corrected chi connectivity index (χ1v) is 12.3. The first-order valence-electron chi connectivity index (χ1n) is 11.5. The van der Waals surface area contributed by atoms with E-state index in [9.17, 15) is 9.59 Å². The van der Waals surface area contributed by atoms with Crippen molar-refractivity contribution < 1.29 is 14.3 Å². The van der Waals surface area contributed by atoms with Crippen LogP contribution in [-0.2, 0) is 11.8 Å². The van der Waals surface area contributed by atoms with E-state index in [2.05, 4.69) is 15.4 Å². The fraction of sp³-hybridized carbons (Fsp3) is 0.308. The fourth-order valence-electron chi connectivity index (χ4n) is 4.48. The molecule has 8 nitrogen and oxygen atoms in total. The molecule has 4 aromatic rings. The van der Waals surface area contributed by atoms with Crippen LogP contribution in [0.1, 0.15) is 37.7 Å². The minimum Gasteiger partial charge on any atom is -0.378 e. The number of ether oxygens (including phenoxy) is 1. The lowest BCUT2D eigenvalue weighted by atomic mass is 10.1. The average molecular weight is 490 g/mol. The number of aromatic nitrogens is 3. The summed E-state index contributed by atoms with van der Waals surface area (Å²) >= 11 is 1.42. The number of morpholine rings is 1. The molecule has 180 valence electrons. The van der Waals surface area contributed by atoms with Crippen LogP contribution >= 0.6 is 11.3 Å². The van der Waals surface area contributed by atoms with Gasteiger partial charge < -0.3 is 15.0 Å². The van der Waals surface area contributed by atoms with E-state index in [1.165, 1.54) is 11.3 Å². The van der Waals surface area contributed by atoms with E-state index in [0.717, 1.165) is 32.7 Å². The van der Waals surface area contributed by atoms with E-state index >= 15 is 0 Å². The molecule has 3 aromatic heterocycles. The molecule has 1 aliphatic heterocycles. The Morgan fingerprint density at radius 1 is 1.06 bits per heavy atom. The second-order valence-electron chi connectivity index (χ2n) is 8.69. The normalized spacial score (nSPS) is 13.9. The van der Waals surface area contributed by atoms with Gasteiger partial charge in [-0.1, -0.05) is 30.3 Å². The molecule has 1 fully saturated rings. The molecule has 0 spiro atoms. The summed E-state index contributed by atoms with van der Waals surface area (Å²) in [6, 6.07) is 11.8. The maximum absolute atomic E-state index is 13.6. The predicted molar refractivity (Wildman–Crippen MR) is 137 cm³/mol. The number of nitrogens with one attached hydrogen (secondary N) is 1. The van der Waals surface area contributed by atoms with Gasteiger partial charge in [-0.3, -0.25) is 14.3 Å². The van der Waals surface area contributed by atoms with Crippen molar-refractivity contribution in [3.8, 4) is 10.4 Å². The molecule has 2 amide bonds. The van der Waals surface area contributed by atoms with Crippen LogP contribution in [0.4, 0.5) is 5.00 Å². The molecular weight excluding hydrogens is 462 g/mol. The number of thiophene rings is 1. The quantitative estimate of drug-likeness (QED) is 0.460. The Kier molecular flexibility index (Phi) is 6.12. The maximum atomic E-state index is 13.6. The van der Waals surface area contributed by atoms with Crippen molar-refractivity contribution in [1.29, 1.82) is 0 Å². The lowest BCUT2D eigenvalue weighted by Gasteiger charge is -2.27. The number of hydrogen-bond acceptors (Lipinski definition) is 6. The summed E-state index contributed by atoms with van der Waals surface area (Å²) in [6.45, 7) is 7.74. The van der Waals surface area contributed by atoms with E-state index < -0.39 is 0 Å². The lowest BCUT2D eigenvalue weighted by molar-refractivity contribution is 0.0303. The van der Waals surface area contributed by atoms with E-state index in [0.29, 0.717) is 48.1 Å². The van der Waals surface area contributed by atoms with Gasteiger partial charge in [0.15, 0.2) is 5.65 Å². The molecule has 5 rings (SSSR count). The number of nitrogens with zero attached hydrogens (tertiary/aromatic N) is 4. The van der Waals surface area contributed by atoms with E-state index in [4.69, 9.17) is 4.74 Å². The van der Waals surface area contributed by atoms with Gasteiger partial charge in [-0.05, 0) is 38.0 Å². The number of fused-ring (bicyclic) bond motifs is 1. The number of hydrogen-bond donors (Lipinski definition) is 1.